The lowest BCUT2D eigenvalue weighted by Gasteiger charge is -2.09. The molecule has 2 heterocycles. The molecule has 1 N–H and O–H groups in total. The molecule has 28 heavy (non-hydrogen) atoms. The largest absolute Gasteiger partial charge is 0.301 e. The van der Waals surface area contributed by atoms with Gasteiger partial charge in [-0.3, -0.25) is 9.36 Å². The predicted octanol–water partition coefficient (Wildman–Crippen LogP) is 4.53. The summed E-state index contributed by atoms with van der Waals surface area (Å²) in [7, 11) is 0. The third-order valence-electron chi connectivity index (χ3n) is 4.18. The molecule has 6 nitrogen and oxygen atoms in total. The van der Waals surface area contributed by atoms with Crippen molar-refractivity contribution in [3.8, 4) is 5.69 Å². The van der Waals surface area contributed by atoms with Gasteiger partial charge in [0.2, 0.25) is 5.91 Å². The second-order valence-corrected chi connectivity index (χ2v) is 8.50. The SMILES string of the molecule is Cc1cccc(-n2c(C)nnc2SCC(=O)Nc2nc3ccc(C)cc3s2)c1. The summed E-state index contributed by atoms with van der Waals surface area (Å²) in [5, 5.41) is 12.6. The number of hydrogen-bond donors (Lipinski definition) is 1. The van der Waals surface area contributed by atoms with Crippen molar-refractivity contribution < 1.29 is 4.79 Å². The Labute approximate surface area is 171 Å². The first kappa shape index (κ1) is 18.6. The number of anilines is 1. The van der Waals surface area contributed by atoms with E-state index in [2.05, 4.69) is 32.6 Å². The summed E-state index contributed by atoms with van der Waals surface area (Å²) in [6.07, 6.45) is 0. The number of thioether (sulfide) groups is 1. The normalized spacial score (nSPS) is 11.1. The number of benzene rings is 2. The number of carbonyl (C=O) groups excluding carboxylic acids is 1. The first-order chi connectivity index (χ1) is 13.5. The highest BCUT2D eigenvalue weighted by Crippen LogP contribution is 2.27. The number of hydrogen-bond acceptors (Lipinski definition) is 6. The first-order valence-electron chi connectivity index (χ1n) is 8.78. The molecule has 0 fully saturated rings. The molecule has 2 aromatic heterocycles. The fourth-order valence-electron chi connectivity index (χ4n) is 2.87. The Kier molecular flexibility index (Phi) is 5.15. The van der Waals surface area contributed by atoms with Gasteiger partial charge in [-0.1, -0.05) is 41.3 Å². The third-order valence-corrected chi connectivity index (χ3v) is 6.04. The summed E-state index contributed by atoms with van der Waals surface area (Å²) in [4.78, 5) is 16.9. The van der Waals surface area contributed by atoms with E-state index >= 15 is 0 Å². The topological polar surface area (TPSA) is 72.7 Å². The van der Waals surface area contributed by atoms with Crippen molar-refractivity contribution in [1.82, 2.24) is 19.7 Å². The van der Waals surface area contributed by atoms with Crippen LogP contribution in [0.2, 0.25) is 0 Å². The van der Waals surface area contributed by atoms with E-state index in [1.54, 1.807) is 0 Å². The number of fused-ring (bicyclic) bond motifs is 1. The van der Waals surface area contributed by atoms with Crippen molar-refractivity contribution in [2.24, 2.45) is 0 Å². The summed E-state index contributed by atoms with van der Waals surface area (Å²) in [6, 6.07) is 14.2. The zero-order valence-corrected chi connectivity index (χ0v) is 17.4. The maximum absolute atomic E-state index is 12.4. The van der Waals surface area contributed by atoms with E-state index in [1.165, 1.54) is 28.7 Å². The minimum Gasteiger partial charge on any atom is -0.301 e. The average Bonchev–Trinajstić information content (AvgIpc) is 3.22. The van der Waals surface area contributed by atoms with Gasteiger partial charge in [0.25, 0.3) is 0 Å². The predicted molar refractivity (Wildman–Crippen MR) is 115 cm³/mol. The van der Waals surface area contributed by atoms with Crippen LogP contribution in [0.1, 0.15) is 17.0 Å². The van der Waals surface area contributed by atoms with Crippen molar-refractivity contribution in [2.45, 2.75) is 25.9 Å². The summed E-state index contributed by atoms with van der Waals surface area (Å²) >= 11 is 2.84. The van der Waals surface area contributed by atoms with Gasteiger partial charge in [-0.15, -0.1) is 10.2 Å². The molecular weight excluding hydrogens is 390 g/mol. The van der Waals surface area contributed by atoms with Crippen molar-refractivity contribution in [3.63, 3.8) is 0 Å². The van der Waals surface area contributed by atoms with Crippen molar-refractivity contribution in [1.29, 1.82) is 0 Å². The van der Waals surface area contributed by atoms with Crippen molar-refractivity contribution >= 4 is 44.4 Å². The van der Waals surface area contributed by atoms with Gasteiger partial charge >= 0.3 is 0 Å². The van der Waals surface area contributed by atoms with Crippen LogP contribution in [0.3, 0.4) is 0 Å². The number of aryl methyl sites for hydroxylation is 3. The molecule has 4 aromatic rings. The van der Waals surface area contributed by atoms with E-state index < -0.39 is 0 Å². The molecule has 0 saturated carbocycles. The van der Waals surface area contributed by atoms with Gasteiger partial charge in [0.1, 0.15) is 5.82 Å². The lowest BCUT2D eigenvalue weighted by Crippen LogP contribution is -2.14. The highest BCUT2D eigenvalue weighted by molar-refractivity contribution is 7.99. The van der Waals surface area contributed by atoms with Crippen LogP contribution in [0.25, 0.3) is 15.9 Å². The number of nitrogens with zero attached hydrogens (tertiary/aromatic N) is 4. The number of aromatic nitrogens is 4. The van der Waals surface area contributed by atoms with Gasteiger partial charge in [-0.2, -0.15) is 0 Å². The molecule has 0 aliphatic heterocycles. The maximum Gasteiger partial charge on any atom is 0.236 e. The highest BCUT2D eigenvalue weighted by Gasteiger charge is 2.14. The van der Waals surface area contributed by atoms with Crippen LogP contribution in [0, 0.1) is 20.8 Å². The Hall–Kier alpha value is -2.71. The van der Waals surface area contributed by atoms with E-state index in [9.17, 15) is 4.79 Å². The van der Waals surface area contributed by atoms with Gasteiger partial charge in [0.15, 0.2) is 10.3 Å². The Morgan fingerprint density at radius 2 is 1.93 bits per heavy atom. The number of rotatable bonds is 5. The Morgan fingerprint density at radius 3 is 2.75 bits per heavy atom. The van der Waals surface area contributed by atoms with Gasteiger partial charge < -0.3 is 5.32 Å². The summed E-state index contributed by atoms with van der Waals surface area (Å²) < 4.78 is 3.03. The monoisotopic (exact) mass is 409 g/mol. The highest BCUT2D eigenvalue weighted by atomic mass is 32.2. The molecule has 0 atom stereocenters. The molecule has 0 unspecified atom stereocenters. The van der Waals surface area contributed by atoms with Crippen molar-refractivity contribution in [3.05, 3.63) is 59.4 Å². The minimum absolute atomic E-state index is 0.114. The van der Waals surface area contributed by atoms with Gasteiger partial charge in [0.05, 0.1) is 16.0 Å². The Morgan fingerprint density at radius 1 is 1.11 bits per heavy atom. The number of carbonyl (C=O) groups is 1. The van der Waals surface area contributed by atoms with Gasteiger partial charge in [-0.25, -0.2) is 4.98 Å². The van der Waals surface area contributed by atoms with Crippen LogP contribution in [0.5, 0.6) is 0 Å². The number of amides is 1. The fraction of sp³-hybridized carbons (Fsp3) is 0.200. The quantitative estimate of drug-likeness (QED) is 0.490. The lowest BCUT2D eigenvalue weighted by atomic mass is 10.2. The van der Waals surface area contributed by atoms with Crippen LogP contribution in [0.15, 0.2) is 47.6 Å². The van der Waals surface area contributed by atoms with Crippen molar-refractivity contribution in [2.75, 3.05) is 11.1 Å². The van der Waals surface area contributed by atoms with E-state index in [0.29, 0.717) is 10.3 Å². The molecule has 0 spiro atoms. The van der Waals surface area contributed by atoms with Crippen LogP contribution in [0.4, 0.5) is 5.13 Å². The molecule has 8 heteroatoms. The standard InChI is InChI=1S/C20H19N5OS2/c1-12-5-4-6-15(9-12)25-14(3)23-24-20(25)27-11-18(26)22-19-21-16-8-7-13(2)10-17(16)28-19/h4-10H,11H2,1-3H3,(H,21,22,26). The van der Waals surface area contributed by atoms with Crippen LogP contribution < -0.4 is 5.32 Å². The summed E-state index contributed by atoms with van der Waals surface area (Å²) in [5.74, 6) is 0.908. The molecule has 4 rings (SSSR count). The molecule has 0 radical (unpaired) electrons. The second kappa shape index (κ2) is 7.73. The van der Waals surface area contributed by atoms with E-state index in [4.69, 9.17) is 0 Å². The van der Waals surface area contributed by atoms with Crippen LogP contribution in [-0.4, -0.2) is 31.4 Å². The third kappa shape index (κ3) is 3.93. The first-order valence-corrected chi connectivity index (χ1v) is 10.6. The van der Waals surface area contributed by atoms with Gasteiger partial charge in [0, 0.05) is 5.69 Å². The molecular formula is C20H19N5OS2. The summed E-state index contributed by atoms with van der Waals surface area (Å²) in [6.45, 7) is 5.99. The molecule has 0 aliphatic carbocycles. The lowest BCUT2D eigenvalue weighted by molar-refractivity contribution is -0.113. The summed E-state index contributed by atoms with van der Waals surface area (Å²) in [5.41, 5.74) is 4.22. The number of nitrogens with one attached hydrogen (secondary N) is 1. The molecule has 1 amide bonds. The van der Waals surface area contributed by atoms with Crippen LogP contribution >= 0.6 is 23.1 Å². The molecule has 0 aliphatic rings. The molecule has 2 aromatic carbocycles. The smallest absolute Gasteiger partial charge is 0.236 e. The molecule has 0 saturated heterocycles. The second-order valence-electron chi connectivity index (χ2n) is 6.53. The van der Waals surface area contributed by atoms with Gasteiger partial charge in [-0.05, 0) is 56.2 Å². The zero-order chi connectivity index (χ0) is 19.7. The van der Waals surface area contributed by atoms with E-state index in [0.717, 1.165) is 27.3 Å². The Bertz CT molecular complexity index is 1160. The zero-order valence-electron chi connectivity index (χ0n) is 15.8. The average molecular weight is 410 g/mol. The molecule has 142 valence electrons. The van der Waals surface area contributed by atoms with E-state index in [-0.39, 0.29) is 11.7 Å². The van der Waals surface area contributed by atoms with Crippen LogP contribution in [-0.2, 0) is 4.79 Å². The fourth-order valence-corrected chi connectivity index (χ4v) is 4.65. The Balaban J connectivity index is 1.46. The maximum atomic E-state index is 12.4. The number of thiazole rings is 1. The van der Waals surface area contributed by atoms with E-state index in [1.807, 2.05) is 55.7 Å². The minimum atomic E-state index is -0.114. The molecule has 0 bridgehead atoms.